The van der Waals surface area contributed by atoms with Crippen LogP contribution in [0.4, 0.5) is 10.2 Å². The van der Waals surface area contributed by atoms with Gasteiger partial charge in [0.1, 0.15) is 11.6 Å². The number of carbonyl (C=O) groups excluding carboxylic acids is 1. The number of piperazine rings is 1. The second-order valence-electron chi connectivity index (χ2n) is 10.00. The molecule has 0 aliphatic carbocycles. The minimum atomic E-state index is -0.301. The summed E-state index contributed by atoms with van der Waals surface area (Å²) in [6, 6.07) is 17.0. The van der Waals surface area contributed by atoms with Gasteiger partial charge in [-0.05, 0) is 67.4 Å². The number of anilines is 1. The minimum absolute atomic E-state index is 0. The van der Waals surface area contributed by atoms with Crippen LogP contribution in [-0.2, 0) is 13.1 Å². The van der Waals surface area contributed by atoms with Crippen LogP contribution in [0.3, 0.4) is 0 Å². The van der Waals surface area contributed by atoms with E-state index in [1.165, 1.54) is 30.5 Å². The Labute approximate surface area is 238 Å². The molecule has 202 valence electrons. The van der Waals surface area contributed by atoms with Crippen LogP contribution in [0, 0.1) is 5.82 Å². The molecule has 3 aromatic rings. The fourth-order valence-electron chi connectivity index (χ4n) is 5.26. The zero-order chi connectivity index (χ0) is 26.5. The molecular formula is C29H34BrClFN5O. The van der Waals surface area contributed by atoms with E-state index in [4.69, 9.17) is 11.6 Å². The van der Waals surface area contributed by atoms with Gasteiger partial charge in [-0.3, -0.25) is 14.6 Å². The van der Waals surface area contributed by atoms with E-state index in [0.29, 0.717) is 23.2 Å². The van der Waals surface area contributed by atoms with Crippen molar-refractivity contribution < 1.29 is 10.6 Å². The average Bonchev–Trinajstić information content (AvgIpc) is 2.94. The molecule has 2 aliphatic heterocycles. The largest absolute Gasteiger partial charge is 0.353 e. The Hall–Kier alpha value is -2.52. The number of nitrogens with zero attached hydrogens (tertiary/aromatic N) is 4. The summed E-state index contributed by atoms with van der Waals surface area (Å²) in [5, 5.41) is 3.32. The van der Waals surface area contributed by atoms with Gasteiger partial charge in [0.05, 0.1) is 10.6 Å². The van der Waals surface area contributed by atoms with Crippen LogP contribution < -0.4 is 10.2 Å². The summed E-state index contributed by atoms with van der Waals surface area (Å²) in [4.78, 5) is 24.5. The molecule has 3 heterocycles. The van der Waals surface area contributed by atoms with Gasteiger partial charge in [0.25, 0.3) is 5.91 Å². The number of carbonyl (C=O) groups is 1. The van der Waals surface area contributed by atoms with Crippen molar-refractivity contribution in [3.05, 3.63) is 92.8 Å². The van der Waals surface area contributed by atoms with E-state index >= 15 is 0 Å². The fraction of sp³-hybridized carbons (Fsp3) is 0.379. The van der Waals surface area contributed by atoms with E-state index in [0.717, 1.165) is 61.7 Å². The summed E-state index contributed by atoms with van der Waals surface area (Å²) in [6.07, 6.45) is 3.96. The molecule has 38 heavy (non-hydrogen) atoms. The Morgan fingerprint density at radius 2 is 1.66 bits per heavy atom. The normalized spacial score (nSPS) is 17.5. The molecule has 9 heteroatoms. The number of halogens is 3. The van der Waals surface area contributed by atoms with Crippen LogP contribution in [-0.4, -0.2) is 66.0 Å². The first-order chi connectivity index (χ1) is 18.4. The van der Waals surface area contributed by atoms with Crippen LogP contribution in [0.5, 0.6) is 0 Å². The molecule has 2 fully saturated rings. The quantitative estimate of drug-likeness (QED) is 0.382. The summed E-state index contributed by atoms with van der Waals surface area (Å²) in [5.41, 5.74) is 2.60. The highest BCUT2D eigenvalue weighted by Crippen LogP contribution is 2.27. The molecule has 2 aliphatic rings. The predicted molar refractivity (Wildman–Crippen MR) is 155 cm³/mol. The summed E-state index contributed by atoms with van der Waals surface area (Å²) < 4.78 is 14.2. The van der Waals surface area contributed by atoms with Crippen molar-refractivity contribution in [2.75, 3.05) is 44.2 Å². The number of aromatic nitrogens is 1. The molecule has 0 bridgehead atoms. The molecule has 1 amide bonds. The summed E-state index contributed by atoms with van der Waals surface area (Å²) in [5.74, 6) is 0.169. The summed E-state index contributed by atoms with van der Waals surface area (Å²) in [7, 11) is 0. The van der Waals surface area contributed by atoms with Crippen molar-refractivity contribution in [1.29, 1.82) is 0 Å². The molecular weight excluding hydrogens is 569 g/mol. The van der Waals surface area contributed by atoms with Crippen LogP contribution in [0.2, 0.25) is 5.02 Å². The van der Waals surface area contributed by atoms with E-state index in [2.05, 4.69) is 65.2 Å². The number of benzene rings is 2. The lowest BCUT2D eigenvalue weighted by molar-refractivity contribution is 0.0950. The molecule has 1 N–H and O–H groups in total. The zero-order valence-electron chi connectivity index (χ0n) is 21.3. The third-order valence-electron chi connectivity index (χ3n) is 7.46. The average molecular weight is 603 g/mol. The van der Waals surface area contributed by atoms with Crippen molar-refractivity contribution in [2.24, 2.45) is 0 Å². The van der Waals surface area contributed by atoms with Gasteiger partial charge in [0.15, 0.2) is 0 Å². The van der Waals surface area contributed by atoms with E-state index in [9.17, 15) is 9.18 Å². The van der Waals surface area contributed by atoms with Crippen LogP contribution in [0.15, 0.2) is 65.3 Å². The van der Waals surface area contributed by atoms with Crippen LogP contribution in [0.1, 0.15) is 35.8 Å². The predicted octanol–water partition coefficient (Wildman–Crippen LogP) is 5.60. The third kappa shape index (κ3) is 6.91. The first-order valence-corrected chi connectivity index (χ1v) is 14.3. The van der Waals surface area contributed by atoms with E-state index < -0.39 is 0 Å². The Kier molecular flexibility index (Phi) is 8.94. The number of amides is 1. The SMILES string of the molecule is O=C(NCc1ccc(F)cc1)c1cnc(N2CCN(C3CCN(Cc4ccc(Br)cc4)CC3)CC2)c(Cl)c1.[HH]. The van der Waals surface area contributed by atoms with E-state index in [1.54, 1.807) is 24.4 Å². The molecule has 5 rings (SSSR count). The first kappa shape index (κ1) is 27.1. The Morgan fingerprint density at radius 3 is 2.32 bits per heavy atom. The maximum absolute atomic E-state index is 13.1. The maximum Gasteiger partial charge on any atom is 0.253 e. The Bertz CT molecular complexity index is 1230. The van der Waals surface area contributed by atoms with Crippen molar-refractivity contribution in [2.45, 2.75) is 32.0 Å². The maximum atomic E-state index is 13.1. The molecule has 0 atom stereocenters. The smallest absolute Gasteiger partial charge is 0.253 e. The lowest BCUT2D eigenvalue weighted by Crippen LogP contribution is -2.53. The Morgan fingerprint density at radius 1 is 1.00 bits per heavy atom. The lowest BCUT2D eigenvalue weighted by atomic mass is 10.0. The van der Waals surface area contributed by atoms with Gasteiger partial charge in [0.2, 0.25) is 0 Å². The standard InChI is InChI=1S/C29H32BrClFN5O.H2/c30-24-5-1-22(2-6-24)20-35-11-9-26(10-12-35)36-13-15-37(16-14-36)28-27(31)17-23(19-33-28)29(38)34-18-21-3-7-25(32)8-4-21;/h1-8,17,19,26H,9-16,18,20H2,(H,34,38);1H. The highest BCUT2D eigenvalue weighted by molar-refractivity contribution is 9.10. The second-order valence-corrected chi connectivity index (χ2v) is 11.3. The fourth-order valence-corrected chi connectivity index (χ4v) is 5.81. The summed E-state index contributed by atoms with van der Waals surface area (Å²) in [6.45, 7) is 7.26. The van der Waals surface area contributed by atoms with Gasteiger partial charge in [0, 0.05) is 57.4 Å². The van der Waals surface area contributed by atoms with E-state index in [1.807, 2.05) is 0 Å². The third-order valence-corrected chi connectivity index (χ3v) is 8.26. The van der Waals surface area contributed by atoms with Gasteiger partial charge in [-0.15, -0.1) is 0 Å². The minimum Gasteiger partial charge on any atom is -0.353 e. The van der Waals surface area contributed by atoms with Crippen molar-refractivity contribution in [3.63, 3.8) is 0 Å². The number of nitrogens with one attached hydrogen (secondary N) is 1. The number of likely N-dealkylation sites (tertiary alicyclic amines) is 1. The van der Waals surface area contributed by atoms with E-state index in [-0.39, 0.29) is 13.2 Å². The number of pyridine rings is 1. The van der Waals surface area contributed by atoms with Gasteiger partial charge in [-0.2, -0.15) is 0 Å². The molecule has 2 aromatic carbocycles. The Balaban J connectivity index is 0.00000353. The number of piperidine rings is 1. The lowest BCUT2D eigenvalue weighted by Gasteiger charge is -2.43. The second kappa shape index (κ2) is 12.6. The molecule has 0 unspecified atom stereocenters. The molecule has 2 saturated heterocycles. The van der Waals surface area contributed by atoms with Crippen molar-refractivity contribution >= 4 is 39.3 Å². The molecule has 0 radical (unpaired) electrons. The molecule has 1 aromatic heterocycles. The van der Waals surface area contributed by atoms with Gasteiger partial charge in [-0.1, -0.05) is 51.8 Å². The van der Waals surface area contributed by atoms with Gasteiger partial charge >= 0.3 is 0 Å². The number of rotatable bonds is 7. The van der Waals surface area contributed by atoms with Crippen LogP contribution in [0.25, 0.3) is 0 Å². The van der Waals surface area contributed by atoms with Crippen molar-refractivity contribution in [3.8, 4) is 0 Å². The van der Waals surface area contributed by atoms with Crippen molar-refractivity contribution in [1.82, 2.24) is 20.1 Å². The monoisotopic (exact) mass is 601 g/mol. The number of hydrogen-bond acceptors (Lipinski definition) is 5. The van der Waals surface area contributed by atoms with Gasteiger partial charge in [-0.25, -0.2) is 9.37 Å². The highest BCUT2D eigenvalue weighted by Gasteiger charge is 2.28. The van der Waals surface area contributed by atoms with Crippen LogP contribution >= 0.6 is 27.5 Å². The summed E-state index contributed by atoms with van der Waals surface area (Å²) >= 11 is 10.1. The number of hydrogen-bond donors (Lipinski definition) is 1. The molecule has 0 spiro atoms. The van der Waals surface area contributed by atoms with Gasteiger partial charge < -0.3 is 10.2 Å². The first-order valence-electron chi connectivity index (χ1n) is 13.1. The zero-order valence-corrected chi connectivity index (χ0v) is 23.6. The molecule has 0 saturated carbocycles. The molecule has 6 nitrogen and oxygen atoms in total. The topological polar surface area (TPSA) is 51.7 Å². The highest BCUT2D eigenvalue weighted by atomic mass is 79.9.